The van der Waals surface area contributed by atoms with Gasteiger partial charge in [-0.25, -0.2) is 9.97 Å². The molecule has 2 aromatic rings. The molecule has 1 aliphatic heterocycles. The average Bonchev–Trinajstić information content (AvgIpc) is 2.58. The van der Waals surface area contributed by atoms with Gasteiger partial charge in [0.25, 0.3) is 5.91 Å². The van der Waals surface area contributed by atoms with Gasteiger partial charge < -0.3 is 16.0 Å². The molecular weight excluding hydrogens is 314 g/mol. The van der Waals surface area contributed by atoms with E-state index in [2.05, 4.69) is 25.9 Å². The summed E-state index contributed by atoms with van der Waals surface area (Å²) in [6, 6.07) is 7.04. The number of aromatic nitrogens is 2. The minimum Gasteiger partial charge on any atom is -0.352 e. The Labute approximate surface area is 137 Å². The SMILES string of the molecule is O=C1CSc2ccc(C(=O)NCCNc3ncccn3)cc2N1. The highest BCUT2D eigenvalue weighted by atomic mass is 32.2. The number of amides is 2. The molecule has 7 nitrogen and oxygen atoms in total. The molecule has 118 valence electrons. The number of benzene rings is 1. The molecule has 0 fully saturated rings. The highest BCUT2D eigenvalue weighted by Gasteiger charge is 2.17. The minimum absolute atomic E-state index is 0.0490. The molecule has 0 radical (unpaired) electrons. The fourth-order valence-electron chi connectivity index (χ4n) is 2.07. The summed E-state index contributed by atoms with van der Waals surface area (Å²) in [5, 5.41) is 8.60. The first kappa shape index (κ1) is 15.3. The summed E-state index contributed by atoms with van der Waals surface area (Å²) in [4.78, 5) is 32.6. The zero-order chi connectivity index (χ0) is 16.1. The Bertz CT molecular complexity index is 723. The van der Waals surface area contributed by atoms with E-state index in [4.69, 9.17) is 0 Å². The quantitative estimate of drug-likeness (QED) is 0.717. The first-order valence-electron chi connectivity index (χ1n) is 7.08. The van der Waals surface area contributed by atoms with Crippen molar-refractivity contribution in [2.24, 2.45) is 0 Å². The molecule has 0 atom stereocenters. The van der Waals surface area contributed by atoms with Gasteiger partial charge in [-0.15, -0.1) is 11.8 Å². The fourth-order valence-corrected chi connectivity index (χ4v) is 2.86. The highest BCUT2D eigenvalue weighted by Crippen LogP contribution is 2.31. The zero-order valence-electron chi connectivity index (χ0n) is 12.2. The number of nitrogens with one attached hydrogen (secondary N) is 3. The second-order valence-electron chi connectivity index (χ2n) is 4.80. The van der Waals surface area contributed by atoms with Crippen molar-refractivity contribution in [2.75, 3.05) is 29.5 Å². The summed E-state index contributed by atoms with van der Waals surface area (Å²) in [7, 11) is 0. The van der Waals surface area contributed by atoms with Gasteiger partial charge in [-0.2, -0.15) is 0 Å². The maximum atomic E-state index is 12.1. The summed E-state index contributed by atoms with van der Waals surface area (Å²) >= 11 is 1.47. The molecule has 8 heteroatoms. The second kappa shape index (κ2) is 7.10. The Kier molecular flexibility index (Phi) is 4.72. The molecular formula is C15H15N5O2S. The Hall–Kier alpha value is -2.61. The smallest absolute Gasteiger partial charge is 0.251 e. The van der Waals surface area contributed by atoms with Crippen LogP contribution < -0.4 is 16.0 Å². The van der Waals surface area contributed by atoms with Crippen molar-refractivity contribution in [3.05, 3.63) is 42.2 Å². The van der Waals surface area contributed by atoms with Crippen LogP contribution in [0.2, 0.25) is 0 Å². The Balaban J connectivity index is 1.52. The van der Waals surface area contributed by atoms with Crippen molar-refractivity contribution in [1.82, 2.24) is 15.3 Å². The third kappa shape index (κ3) is 3.98. The summed E-state index contributed by atoms with van der Waals surface area (Å²) in [5.74, 6) is 0.696. The molecule has 0 saturated carbocycles. The third-order valence-corrected chi connectivity index (χ3v) is 4.21. The lowest BCUT2D eigenvalue weighted by Crippen LogP contribution is -2.29. The maximum absolute atomic E-state index is 12.1. The normalized spacial score (nSPS) is 13.0. The lowest BCUT2D eigenvalue weighted by atomic mass is 10.2. The van der Waals surface area contributed by atoms with Gasteiger partial charge in [0.2, 0.25) is 11.9 Å². The average molecular weight is 329 g/mol. The van der Waals surface area contributed by atoms with Crippen LogP contribution in [0.4, 0.5) is 11.6 Å². The highest BCUT2D eigenvalue weighted by molar-refractivity contribution is 8.00. The molecule has 0 spiro atoms. The van der Waals surface area contributed by atoms with Crippen molar-refractivity contribution in [3.63, 3.8) is 0 Å². The van der Waals surface area contributed by atoms with Crippen LogP contribution in [-0.2, 0) is 4.79 Å². The maximum Gasteiger partial charge on any atom is 0.251 e. The van der Waals surface area contributed by atoms with Crippen LogP contribution in [0.5, 0.6) is 0 Å². The van der Waals surface area contributed by atoms with Crippen LogP contribution in [-0.4, -0.2) is 40.6 Å². The number of carbonyl (C=O) groups excluding carboxylic acids is 2. The molecule has 23 heavy (non-hydrogen) atoms. The largest absolute Gasteiger partial charge is 0.352 e. The van der Waals surface area contributed by atoms with Crippen molar-refractivity contribution < 1.29 is 9.59 Å². The molecule has 3 rings (SSSR count). The van der Waals surface area contributed by atoms with Gasteiger partial charge in [-0.05, 0) is 24.3 Å². The first-order valence-corrected chi connectivity index (χ1v) is 8.07. The number of carbonyl (C=O) groups is 2. The van der Waals surface area contributed by atoms with E-state index in [0.717, 1.165) is 4.90 Å². The van der Waals surface area contributed by atoms with Gasteiger partial charge in [-0.1, -0.05) is 0 Å². The van der Waals surface area contributed by atoms with E-state index in [-0.39, 0.29) is 11.8 Å². The molecule has 1 aromatic heterocycles. The van der Waals surface area contributed by atoms with E-state index in [1.807, 2.05) is 6.07 Å². The number of nitrogens with zero attached hydrogens (tertiary/aromatic N) is 2. The zero-order valence-corrected chi connectivity index (χ0v) is 13.0. The lowest BCUT2D eigenvalue weighted by molar-refractivity contribution is -0.113. The van der Waals surface area contributed by atoms with E-state index in [1.54, 1.807) is 30.6 Å². The molecule has 3 N–H and O–H groups in total. The first-order chi connectivity index (χ1) is 11.2. The van der Waals surface area contributed by atoms with Crippen molar-refractivity contribution in [3.8, 4) is 0 Å². The summed E-state index contributed by atoms with van der Waals surface area (Å²) in [6.45, 7) is 0.961. The van der Waals surface area contributed by atoms with Crippen LogP contribution in [0.3, 0.4) is 0 Å². The van der Waals surface area contributed by atoms with Crippen molar-refractivity contribution >= 4 is 35.2 Å². The third-order valence-electron chi connectivity index (χ3n) is 3.13. The van der Waals surface area contributed by atoms with E-state index in [9.17, 15) is 9.59 Å². The van der Waals surface area contributed by atoms with Crippen molar-refractivity contribution in [2.45, 2.75) is 4.90 Å². The summed E-state index contributed by atoms with van der Waals surface area (Å²) < 4.78 is 0. The lowest BCUT2D eigenvalue weighted by Gasteiger charge is -2.17. The summed E-state index contributed by atoms with van der Waals surface area (Å²) in [6.07, 6.45) is 3.29. The number of rotatable bonds is 5. The van der Waals surface area contributed by atoms with Crippen LogP contribution >= 0.6 is 11.8 Å². The number of anilines is 2. The van der Waals surface area contributed by atoms with Gasteiger partial charge >= 0.3 is 0 Å². The molecule has 0 aliphatic carbocycles. The van der Waals surface area contributed by atoms with E-state index >= 15 is 0 Å². The Morgan fingerprint density at radius 2 is 2.09 bits per heavy atom. The van der Waals surface area contributed by atoms with Gasteiger partial charge in [0.15, 0.2) is 0 Å². The monoisotopic (exact) mass is 329 g/mol. The molecule has 2 amide bonds. The Morgan fingerprint density at radius 3 is 2.91 bits per heavy atom. The minimum atomic E-state index is -0.187. The van der Waals surface area contributed by atoms with E-state index < -0.39 is 0 Å². The van der Waals surface area contributed by atoms with Crippen LogP contribution in [0, 0.1) is 0 Å². The van der Waals surface area contributed by atoms with Crippen LogP contribution in [0.1, 0.15) is 10.4 Å². The standard InChI is InChI=1S/C15H15N5O2S/c21-13-9-23-12-3-2-10(8-11(12)20-13)14(22)16-6-7-19-15-17-4-1-5-18-15/h1-5,8H,6-7,9H2,(H,16,22)(H,20,21)(H,17,18,19). The fraction of sp³-hybridized carbons (Fsp3) is 0.200. The number of hydrogen-bond acceptors (Lipinski definition) is 6. The molecule has 0 bridgehead atoms. The molecule has 1 aromatic carbocycles. The van der Waals surface area contributed by atoms with Gasteiger partial charge in [0, 0.05) is 35.9 Å². The topological polar surface area (TPSA) is 96.0 Å². The van der Waals surface area contributed by atoms with Crippen LogP contribution in [0.15, 0.2) is 41.6 Å². The predicted octanol–water partition coefficient (Wildman–Crippen LogP) is 1.36. The van der Waals surface area contributed by atoms with E-state index in [0.29, 0.717) is 36.0 Å². The second-order valence-corrected chi connectivity index (χ2v) is 5.82. The molecule has 0 saturated heterocycles. The van der Waals surface area contributed by atoms with Crippen molar-refractivity contribution in [1.29, 1.82) is 0 Å². The van der Waals surface area contributed by atoms with Gasteiger partial charge in [0.05, 0.1) is 11.4 Å². The van der Waals surface area contributed by atoms with Gasteiger partial charge in [-0.3, -0.25) is 9.59 Å². The van der Waals surface area contributed by atoms with Crippen LogP contribution in [0.25, 0.3) is 0 Å². The Morgan fingerprint density at radius 1 is 1.26 bits per heavy atom. The molecule has 0 unspecified atom stereocenters. The van der Waals surface area contributed by atoms with Gasteiger partial charge in [0.1, 0.15) is 0 Å². The number of thioether (sulfide) groups is 1. The van der Waals surface area contributed by atoms with E-state index in [1.165, 1.54) is 11.8 Å². The number of hydrogen-bond donors (Lipinski definition) is 3. The predicted molar refractivity (Wildman–Crippen MR) is 88.7 cm³/mol. The number of fused-ring (bicyclic) bond motifs is 1. The molecule has 1 aliphatic rings. The molecule has 2 heterocycles. The summed E-state index contributed by atoms with van der Waals surface area (Å²) in [5.41, 5.74) is 1.21.